The van der Waals surface area contributed by atoms with Crippen LogP contribution in [0.2, 0.25) is 0 Å². The van der Waals surface area contributed by atoms with Gasteiger partial charge in [0.1, 0.15) is 21.2 Å². The Morgan fingerprint density at radius 2 is 1.83 bits per heavy atom. The molecule has 0 atom stereocenters. The Kier molecular flexibility index (Phi) is 6.28. The summed E-state index contributed by atoms with van der Waals surface area (Å²) < 4.78 is 85.2. The number of nitrogens with zero attached hydrogens (tertiary/aromatic N) is 3. The highest BCUT2D eigenvalue weighted by atomic mass is 32.1. The quantitative estimate of drug-likeness (QED) is 0.331. The maximum atomic E-state index is 13.5. The molecular weight excluding hydrogens is 516 g/mol. The molecule has 8 nitrogen and oxygen atoms in total. The molecule has 4 rings (SSSR count). The summed E-state index contributed by atoms with van der Waals surface area (Å²) in [5, 5.41) is 5.88. The van der Waals surface area contributed by atoms with Crippen molar-refractivity contribution in [2.45, 2.75) is 32.2 Å². The Morgan fingerprint density at radius 3 is 2.39 bits per heavy atom. The Balaban J connectivity index is 1.72. The van der Waals surface area contributed by atoms with Gasteiger partial charge in [-0.05, 0) is 31.2 Å². The monoisotopic (exact) mass is 531 g/mol. The van der Waals surface area contributed by atoms with E-state index in [2.05, 4.69) is 15.4 Å². The number of thiophene rings is 1. The third-order valence-corrected chi connectivity index (χ3v) is 6.15. The number of rotatable bonds is 6. The van der Waals surface area contributed by atoms with Crippen LogP contribution in [0.4, 0.5) is 32.0 Å². The van der Waals surface area contributed by atoms with E-state index in [1.807, 2.05) is 0 Å². The average Bonchev–Trinajstić information content (AvgIpc) is 3.50. The standard InChI is InChI=1S/C21H15F6N5O3S/c1-9-7-13(21(25,26)27)31-32(9)5-4-14(33)30-16-15-10(11-3-2-6-35-11)8-12(20(22,23)24)29-19(15)36-17(16)18(28)34/h2-3,6-8H,4-5H2,1H3,(H2,28,34)(H,30,33). The van der Waals surface area contributed by atoms with Crippen LogP contribution in [-0.2, 0) is 23.7 Å². The number of halogens is 6. The highest BCUT2D eigenvalue weighted by molar-refractivity contribution is 7.21. The zero-order valence-corrected chi connectivity index (χ0v) is 18.9. The number of pyridine rings is 1. The van der Waals surface area contributed by atoms with Crippen molar-refractivity contribution >= 4 is 39.1 Å². The molecule has 0 saturated heterocycles. The van der Waals surface area contributed by atoms with Crippen LogP contribution >= 0.6 is 11.3 Å². The lowest BCUT2D eigenvalue weighted by Gasteiger charge is -2.11. The number of alkyl halides is 6. The number of nitrogens with one attached hydrogen (secondary N) is 1. The van der Waals surface area contributed by atoms with Gasteiger partial charge in [0, 0.05) is 29.6 Å². The predicted octanol–water partition coefficient (Wildman–Crippen LogP) is 5.23. The lowest BCUT2D eigenvalue weighted by molar-refractivity contribution is -0.142. The van der Waals surface area contributed by atoms with E-state index < -0.39 is 35.6 Å². The van der Waals surface area contributed by atoms with Gasteiger partial charge in [-0.2, -0.15) is 31.4 Å². The Hall–Kier alpha value is -3.88. The van der Waals surface area contributed by atoms with Crippen LogP contribution in [-0.4, -0.2) is 26.6 Å². The highest BCUT2D eigenvalue weighted by Crippen LogP contribution is 2.43. The van der Waals surface area contributed by atoms with Gasteiger partial charge in [0.15, 0.2) is 5.69 Å². The summed E-state index contributed by atoms with van der Waals surface area (Å²) in [7, 11) is 0. The maximum Gasteiger partial charge on any atom is 0.435 e. The van der Waals surface area contributed by atoms with Gasteiger partial charge in [-0.25, -0.2) is 4.98 Å². The van der Waals surface area contributed by atoms with E-state index in [0.717, 1.165) is 16.8 Å². The fourth-order valence-electron chi connectivity index (χ4n) is 3.45. The first-order chi connectivity index (χ1) is 16.8. The number of amides is 2. The zero-order valence-electron chi connectivity index (χ0n) is 18.1. The predicted molar refractivity (Wildman–Crippen MR) is 116 cm³/mol. The summed E-state index contributed by atoms with van der Waals surface area (Å²) in [5.41, 5.74) is 2.94. The van der Waals surface area contributed by atoms with Gasteiger partial charge in [0.2, 0.25) is 5.91 Å². The molecule has 0 radical (unpaired) electrons. The maximum absolute atomic E-state index is 13.5. The molecule has 4 heterocycles. The summed E-state index contributed by atoms with van der Waals surface area (Å²) in [6, 6.07) is 4.38. The second kappa shape index (κ2) is 8.96. The number of nitrogens with two attached hydrogens (primary N) is 1. The van der Waals surface area contributed by atoms with Crippen LogP contribution in [0.1, 0.15) is 33.2 Å². The summed E-state index contributed by atoms with van der Waals surface area (Å²) in [6.07, 6.45) is -8.60. The average molecular weight is 531 g/mol. The summed E-state index contributed by atoms with van der Waals surface area (Å²) in [6.45, 7) is 1.15. The molecule has 0 aromatic carbocycles. The third kappa shape index (κ3) is 4.91. The first-order valence-electron chi connectivity index (χ1n) is 10.1. The molecule has 0 saturated carbocycles. The van der Waals surface area contributed by atoms with Crippen LogP contribution in [0.5, 0.6) is 0 Å². The number of aryl methyl sites for hydroxylation is 2. The van der Waals surface area contributed by atoms with E-state index in [1.165, 1.54) is 25.3 Å². The van der Waals surface area contributed by atoms with Gasteiger partial charge in [-0.3, -0.25) is 14.3 Å². The molecule has 0 bridgehead atoms. The number of primary amides is 1. The molecular formula is C21H15F6N5O3S. The zero-order chi connectivity index (χ0) is 26.4. The molecule has 0 fully saturated rings. The van der Waals surface area contributed by atoms with Crippen molar-refractivity contribution in [3.63, 3.8) is 0 Å². The SMILES string of the molecule is Cc1cc(C(F)(F)F)nn1CCC(=O)Nc1c(C(N)=O)sc2nc(C(F)(F)F)cc(-c3ccco3)c12. The molecule has 0 aliphatic carbocycles. The van der Waals surface area contributed by atoms with Gasteiger partial charge in [-0.15, -0.1) is 11.3 Å². The number of aromatic nitrogens is 3. The van der Waals surface area contributed by atoms with Gasteiger partial charge >= 0.3 is 12.4 Å². The topological polar surface area (TPSA) is 116 Å². The van der Waals surface area contributed by atoms with E-state index >= 15 is 0 Å². The first kappa shape index (κ1) is 25.2. The fourth-order valence-corrected chi connectivity index (χ4v) is 4.45. The number of furan rings is 1. The Morgan fingerprint density at radius 1 is 1.14 bits per heavy atom. The molecule has 0 spiro atoms. The van der Waals surface area contributed by atoms with Gasteiger partial charge in [0.05, 0.1) is 12.0 Å². The fraction of sp³-hybridized carbons (Fsp3) is 0.238. The second-order valence-electron chi connectivity index (χ2n) is 7.57. The number of fused-ring (bicyclic) bond motifs is 1. The number of anilines is 1. The van der Waals surface area contributed by atoms with E-state index in [-0.39, 0.29) is 50.8 Å². The number of carbonyl (C=O) groups is 2. The summed E-state index contributed by atoms with van der Waals surface area (Å²) in [5.74, 6) is -1.75. The van der Waals surface area contributed by atoms with Crippen LogP contribution in [0.15, 0.2) is 34.9 Å². The van der Waals surface area contributed by atoms with Crippen molar-refractivity contribution in [2.24, 2.45) is 5.73 Å². The van der Waals surface area contributed by atoms with E-state index in [4.69, 9.17) is 10.2 Å². The van der Waals surface area contributed by atoms with Crippen molar-refractivity contribution in [1.29, 1.82) is 0 Å². The lowest BCUT2D eigenvalue weighted by atomic mass is 10.1. The highest BCUT2D eigenvalue weighted by Gasteiger charge is 2.36. The minimum absolute atomic E-state index is 0.000252. The molecule has 3 N–H and O–H groups in total. The van der Waals surface area contributed by atoms with E-state index in [1.54, 1.807) is 0 Å². The third-order valence-electron chi connectivity index (χ3n) is 5.05. The molecule has 15 heteroatoms. The first-order valence-corrected chi connectivity index (χ1v) is 10.9. The minimum atomic E-state index is -4.81. The summed E-state index contributed by atoms with van der Waals surface area (Å²) in [4.78, 5) is 27.9. The largest absolute Gasteiger partial charge is 0.464 e. The minimum Gasteiger partial charge on any atom is -0.464 e. The van der Waals surface area contributed by atoms with Crippen molar-refractivity contribution < 1.29 is 40.3 Å². The molecule has 4 aromatic rings. The molecule has 0 aliphatic rings. The van der Waals surface area contributed by atoms with Crippen LogP contribution in [0.25, 0.3) is 21.5 Å². The second-order valence-corrected chi connectivity index (χ2v) is 8.57. The number of hydrogen-bond donors (Lipinski definition) is 2. The van der Waals surface area contributed by atoms with Gasteiger partial charge in [0.25, 0.3) is 5.91 Å². The van der Waals surface area contributed by atoms with Crippen LogP contribution < -0.4 is 11.1 Å². The molecule has 190 valence electrons. The smallest absolute Gasteiger partial charge is 0.435 e. The molecule has 0 unspecified atom stereocenters. The molecule has 36 heavy (non-hydrogen) atoms. The van der Waals surface area contributed by atoms with Gasteiger partial charge in [-0.1, -0.05) is 0 Å². The van der Waals surface area contributed by atoms with Crippen molar-refractivity contribution in [2.75, 3.05) is 5.32 Å². The molecule has 4 aromatic heterocycles. The number of carbonyl (C=O) groups excluding carboxylic acids is 2. The summed E-state index contributed by atoms with van der Waals surface area (Å²) >= 11 is 0.554. The van der Waals surface area contributed by atoms with Crippen molar-refractivity contribution in [3.05, 3.63) is 52.5 Å². The normalized spacial score (nSPS) is 12.3. The van der Waals surface area contributed by atoms with Crippen molar-refractivity contribution in [3.8, 4) is 11.3 Å². The molecule has 0 aliphatic heterocycles. The Bertz CT molecular complexity index is 1450. The number of hydrogen-bond acceptors (Lipinski definition) is 6. The van der Waals surface area contributed by atoms with E-state index in [9.17, 15) is 35.9 Å². The molecule has 2 amide bonds. The van der Waals surface area contributed by atoms with E-state index in [0.29, 0.717) is 11.3 Å². The van der Waals surface area contributed by atoms with Gasteiger partial charge < -0.3 is 15.5 Å². The van der Waals surface area contributed by atoms with Crippen LogP contribution in [0.3, 0.4) is 0 Å². The lowest BCUT2D eigenvalue weighted by Crippen LogP contribution is -2.19. The van der Waals surface area contributed by atoms with Crippen molar-refractivity contribution in [1.82, 2.24) is 14.8 Å². The Labute approximate surface area is 201 Å². The van der Waals surface area contributed by atoms with Crippen LogP contribution in [0, 0.1) is 6.92 Å².